The first-order valence-corrected chi connectivity index (χ1v) is 13.7. The molecule has 2 heterocycles. The molecular weight excluding hydrogens is 460 g/mol. The number of hydrogen-bond acceptors (Lipinski definition) is 2. The largest absolute Gasteiger partial charge is 0.135 e. The second-order valence-corrected chi connectivity index (χ2v) is 11.6. The van der Waals surface area contributed by atoms with Crippen LogP contribution in [0.2, 0.25) is 0 Å². The highest BCUT2D eigenvalue weighted by Gasteiger charge is 2.13. The summed E-state index contributed by atoms with van der Waals surface area (Å²) in [5.41, 5.74) is 9.24. The molecule has 0 nitrogen and oxygen atoms in total. The van der Waals surface area contributed by atoms with E-state index in [0.717, 1.165) is 0 Å². The first kappa shape index (κ1) is 20.9. The Morgan fingerprint density at radius 2 is 0.914 bits per heavy atom. The number of aryl methyl sites for hydroxylation is 2. The van der Waals surface area contributed by atoms with Gasteiger partial charge >= 0.3 is 0 Å². The van der Waals surface area contributed by atoms with Crippen molar-refractivity contribution in [2.45, 2.75) is 20.8 Å². The summed E-state index contributed by atoms with van der Waals surface area (Å²) in [6.07, 6.45) is 0. The quantitative estimate of drug-likeness (QED) is 0.229. The zero-order chi connectivity index (χ0) is 23.7. The minimum absolute atomic E-state index is 1.29. The van der Waals surface area contributed by atoms with E-state index in [2.05, 4.69) is 112 Å². The normalized spacial score (nSPS) is 11.9. The van der Waals surface area contributed by atoms with Gasteiger partial charge in [-0.15, -0.1) is 22.7 Å². The first-order valence-electron chi connectivity index (χ1n) is 12.0. The molecular formula is C33H24S2. The van der Waals surface area contributed by atoms with Crippen LogP contribution in [0, 0.1) is 20.8 Å². The molecule has 0 saturated heterocycles. The Morgan fingerprint density at radius 3 is 1.40 bits per heavy atom. The number of rotatable bonds is 2. The molecule has 0 saturated carbocycles. The van der Waals surface area contributed by atoms with Crippen molar-refractivity contribution in [2.75, 3.05) is 0 Å². The molecule has 7 aromatic rings. The summed E-state index contributed by atoms with van der Waals surface area (Å²) < 4.78 is 5.52. The average molecular weight is 485 g/mol. The minimum Gasteiger partial charge on any atom is -0.135 e. The third-order valence-corrected chi connectivity index (χ3v) is 9.99. The zero-order valence-corrected chi connectivity index (χ0v) is 21.6. The maximum absolute atomic E-state index is 2.39. The molecule has 0 aliphatic carbocycles. The molecule has 0 amide bonds. The lowest BCUT2D eigenvalue weighted by molar-refractivity contribution is 1.45. The Balaban J connectivity index is 1.40. The summed E-state index contributed by atoms with van der Waals surface area (Å²) in [7, 11) is 0. The van der Waals surface area contributed by atoms with Crippen LogP contribution in [-0.4, -0.2) is 0 Å². The molecule has 7 rings (SSSR count). The van der Waals surface area contributed by atoms with E-state index in [1.807, 2.05) is 22.7 Å². The van der Waals surface area contributed by atoms with Gasteiger partial charge < -0.3 is 0 Å². The number of thiophene rings is 2. The Morgan fingerprint density at radius 1 is 0.457 bits per heavy atom. The van der Waals surface area contributed by atoms with E-state index in [9.17, 15) is 0 Å². The molecule has 0 atom stereocenters. The lowest BCUT2D eigenvalue weighted by atomic mass is 9.91. The molecule has 168 valence electrons. The van der Waals surface area contributed by atoms with Gasteiger partial charge in [0.1, 0.15) is 0 Å². The summed E-state index contributed by atoms with van der Waals surface area (Å²) in [6, 6.07) is 34.0. The lowest BCUT2D eigenvalue weighted by Gasteiger charge is -2.13. The third kappa shape index (κ3) is 3.17. The fourth-order valence-corrected chi connectivity index (χ4v) is 7.78. The fourth-order valence-electron chi connectivity index (χ4n) is 5.48. The monoisotopic (exact) mass is 484 g/mol. The van der Waals surface area contributed by atoms with Crippen LogP contribution < -0.4 is 0 Å². The van der Waals surface area contributed by atoms with Crippen LogP contribution in [0.5, 0.6) is 0 Å². The van der Waals surface area contributed by atoms with Crippen LogP contribution in [0.3, 0.4) is 0 Å². The minimum atomic E-state index is 1.29. The van der Waals surface area contributed by atoms with Gasteiger partial charge in [0.25, 0.3) is 0 Å². The van der Waals surface area contributed by atoms with Crippen molar-refractivity contribution in [3.63, 3.8) is 0 Å². The number of fused-ring (bicyclic) bond motifs is 6. The predicted octanol–water partition coefficient (Wildman–Crippen LogP) is 10.7. The Bertz CT molecular complexity index is 1790. The standard InChI is InChI=1S/C33H24S2/c1-19-7-4-11-26-28-17-22(13-15-30(28)34-32(19)26)24-9-6-10-25(21(24)3)23-14-16-31-29(18-23)27-12-5-8-20(2)33(27)35-31/h4-18H,1-3H3. The van der Waals surface area contributed by atoms with Gasteiger partial charge in [-0.1, -0.05) is 66.7 Å². The second kappa shape index (κ2) is 7.78. The summed E-state index contributed by atoms with van der Waals surface area (Å²) >= 11 is 3.80. The van der Waals surface area contributed by atoms with Crippen LogP contribution in [-0.2, 0) is 0 Å². The predicted molar refractivity (Wildman–Crippen MR) is 157 cm³/mol. The maximum Gasteiger partial charge on any atom is 0.0384 e. The van der Waals surface area contributed by atoms with Crippen LogP contribution in [0.25, 0.3) is 62.6 Å². The number of benzene rings is 5. The van der Waals surface area contributed by atoms with Gasteiger partial charge in [-0.2, -0.15) is 0 Å². The van der Waals surface area contributed by atoms with Gasteiger partial charge in [0.2, 0.25) is 0 Å². The van der Waals surface area contributed by atoms with Gasteiger partial charge in [-0.05, 0) is 84.0 Å². The molecule has 0 N–H and O–H groups in total. The van der Waals surface area contributed by atoms with Crippen LogP contribution in [0.15, 0.2) is 91.0 Å². The van der Waals surface area contributed by atoms with Crippen molar-refractivity contribution in [1.29, 1.82) is 0 Å². The molecule has 0 radical (unpaired) electrons. The van der Waals surface area contributed by atoms with Gasteiger partial charge in [-0.25, -0.2) is 0 Å². The van der Waals surface area contributed by atoms with E-state index in [-0.39, 0.29) is 0 Å². The molecule has 0 unspecified atom stereocenters. The molecule has 5 aromatic carbocycles. The molecule has 0 bridgehead atoms. The highest BCUT2D eigenvalue weighted by atomic mass is 32.1. The fraction of sp³-hybridized carbons (Fsp3) is 0.0909. The smallest absolute Gasteiger partial charge is 0.0384 e. The van der Waals surface area contributed by atoms with Crippen molar-refractivity contribution in [2.24, 2.45) is 0 Å². The van der Waals surface area contributed by atoms with Crippen molar-refractivity contribution in [1.82, 2.24) is 0 Å². The number of hydrogen-bond donors (Lipinski definition) is 0. The van der Waals surface area contributed by atoms with Crippen LogP contribution in [0.4, 0.5) is 0 Å². The maximum atomic E-state index is 2.39. The van der Waals surface area contributed by atoms with Crippen molar-refractivity contribution < 1.29 is 0 Å². The van der Waals surface area contributed by atoms with Gasteiger partial charge in [0.15, 0.2) is 0 Å². The van der Waals surface area contributed by atoms with Gasteiger partial charge in [0.05, 0.1) is 0 Å². The third-order valence-electron chi connectivity index (χ3n) is 7.34. The molecule has 0 spiro atoms. The van der Waals surface area contributed by atoms with Gasteiger partial charge in [0, 0.05) is 40.3 Å². The van der Waals surface area contributed by atoms with Crippen molar-refractivity contribution >= 4 is 63.0 Å². The van der Waals surface area contributed by atoms with E-state index >= 15 is 0 Å². The molecule has 0 aliphatic rings. The average Bonchev–Trinajstić information content (AvgIpc) is 3.44. The van der Waals surface area contributed by atoms with E-state index in [4.69, 9.17) is 0 Å². The highest BCUT2D eigenvalue weighted by Crippen LogP contribution is 2.41. The van der Waals surface area contributed by atoms with E-state index < -0.39 is 0 Å². The summed E-state index contributed by atoms with van der Waals surface area (Å²) in [6.45, 7) is 6.69. The van der Waals surface area contributed by atoms with E-state index in [1.165, 1.54) is 79.3 Å². The van der Waals surface area contributed by atoms with Crippen molar-refractivity contribution in [3.8, 4) is 22.3 Å². The summed E-state index contributed by atoms with van der Waals surface area (Å²) in [5, 5.41) is 5.45. The zero-order valence-electron chi connectivity index (χ0n) is 20.0. The topological polar surface area (TPSA) is 0 Å². The molecule has 35 heavy (non-hydrogen) atoms. The van der Waals surface area contributed by atoms with Crippen molar-refractivity contribution in [3.05, 3.63) is 108 Å². The molecule has 0 aliphatic heterocycles. The Hall–Kier alpha value is -3.46. The Labute approximate surface area is 213 Å². The van der Waals surface area contributed by atoms with E-state index in [0.29, 0.717) is 0 Å². The first-order chi connectivity index (χ1) is 17.1. The second-order valence-electron chi connectivity index (χ2n) is 9.51. The molecule has 2 aromatic heterocycles. The Kier molecular flexibility index (Phi) is 4.64. The van der Waals surface area contributed by atoms with Crippen LogP contribution in [0.1, 0.15) is 16.7 Å². The summed E-state index contributed by atoms with van der Waals surface area (Å²) in [4.78, 5) is 0. The lowest BCUT2D eigenvalue weighted by Crippen LogP contribution is -1.88. The SMILES string of the molecule is Cc1c(-c2ccc3sc4c(C)cccc4c3c2)cccc1-c1ccc2sc3c(C)cccc3c2c1. The molecule has 2 heteroatoms. The molecule has 0 fully saturated rings. The van der Waals surface area contributed by atoms with Gasteiger partial charge in [-0.3, -0.25) is 0 Å². The van der Waals surface area contributed by atoms with E-state index in [1.54, 1.807) is 0 Å². The highest BCUT2D eigenvalue weighted by molar-refractivity contribution is 7.26. The summed E-state index contributed by atoms with van der Waals surface area (Å²) in [5.74, 6) is 0. The van der Waals surface area contributed by atoms with Crippen LogP contribution >= 0.6 is 22.7 Å².